The normalized spacial score (nSPS) is 22.7. The van der Waals surface area contributed by atoms with Crippen LogP contribution < -0.4 is 5.32 Å². The highest BCUT2D eigenvalue weighted by molar-refractivity contribution is 5.81. The molecule has 0 aliphatic carbocycles. The summed E-state index contributed by atoms with van der Waals surface area (Å²) in [6, 6.07) is 8.92. The van der Waals surface area contributed by atoms with E-state index in [1.807, 2.05) is 0 Å². The van der Waals surface area contributed by atoms with Crippen molar-refractivity contribution >= 4 is 5.91 Å². The number of benzene rings is 1. The lowest BCUT2D eigenvalue weighted by Crippen LogP contribution is -2.50. The predicted octanol–water partition coefficient (Wildman–Crippen LogP) is 2.74. The molecule has 0 radical (unpaired) electrons. The standard InChI is InChI=1S/C22H31N3O/c1-3-13-24-14-5-4-8-20(24)22(26)23-17-21(25-15-6-7-16-25)19-11-9-18(2)10-12-19/h1,9-12,20-21H,4-8,13-17H2,2H3,(H,23,26). The number of rotatable bonds is 6. The Kier molecular flexibility index (Phi) is 6.71. The highest BCUT2D eigenvalue weighted by Crippen LogP contribution is 2.25. The van der Waals surface area contributed by atoms with Gasteiger partial charge in [-0.1, -0.05) is 42.2 Å². The molecule has 2 aliphatic heterocycles. The van der Waals surface area contributed by atoms with Gasteiger partial charge in [-0.25, -0.2) is 0 Å². The zero-order chi connectivity index (χ0) is 18.4. The Hall–Kier alpha value is -1.83. The second-order valence-electron chi connectivity index (χ2n) is 7.60. The second kappa shape index (κ2) is 9.21. The molecule has 2 saturated heterocycles. The number of terminal acetylenes is 1. The SMILES string of the molecule is C#CCN1CCCCC1C(=O)NCC(c1ccc(C)cc1)N1CCCC1. The van der Waals surface area contributed by atoms with Crippen LogP contribution in [-0.4, -0.2) is 54.5 Å². The fraction of sp³-hybridized carbons (Fsp3) is 0.591. The molecule has 2 atom stereocenters. The average Bonchev–Trinajstić information content (AvgIpc) is 3.18. The minimum absolute atomic E-state index is 0.0722. The Morgan fingerprint density at radius 1 is 1.19 bits per heavy atom. The van der Waals surface area contributed by atoms with Crippen LogP contribution in [0, 0.1) is 19.3 Å². The lowest BCUT2D eigenvalue weighted by atomic mass is 10.0. The van der Waals surface area contributed by atoms with Crippen molar-refractivity contribution in [2.75, 3.05) is 32.7 Å². The van der Waals surface area contributed by atoms with Crippen molar-refractivity contribution in [3.63, 3.8) is 0 Å². The number of piperidine rings is 1. The number of carbonyl (C=O) groups excluding carboxylic acids is 1. The summed E-state index contributed by atoms with van der Waals surface area (Å²) < 4.78 is 0. The number of carbonyl (C=O) groups is 1. The summed E-state index contributed by atoms with van der Waals surface area (Å²) in [4.78, 5) is 17.5. The topological polar surface area (TPSA) is 35.6 Å². The van der Waals surface area contributed by atoms with Crippen LogP contribution in [0.4, 0.5) is 0 Å². The Bertz CT molecular complexity index is 628. The van der Waals surface area contributed by atoms with Crippen molar-refractivity contribution in [2.24, 2.45) is 0 Å². The van der Waals surface area contributed by atoms with Gasteiger partial charge >= 0.3 is 0 Å². The van der Waals surface area contributed by atoms with E-state index in [9.17, 15) is 4.79 Å². The highest BCUT2D eigenvalue weighted by atomic mass is 16.2. The Labute approximate surface area is 157 Å². The van der Waals surface area contributed by atoms with E-state index < -0.39 is 0 Å². The molecule has 0 bridgehead atoms. The number of likely N-dealkylation sites (tertiary alicyclic amines) is 2. The van der Waals surface area contributed by atoms with Crippen LogP contribution in [0.2, 0.25) is 0 Å². The van der Waals surface area contributed by atoms with E-state index in [2.05, 4.69) is 52.2 Å². The molecule has 1 N–H and O–H groups in total. The molecule has 4 nitrogen and oxygen atoms in total. The first-order chi connectivity index (χ1) is 12.7. The number of nitrogens with one attached hydrogen (secondary N) is 1. The summed E-state index contributed by atoms with van der Waals surface area (Å²) >= 11 is 0. The van der Waals surface area contributed by atoms with Gasteiger partial charge in [-0.2, -0.15) is 0 Å². The van der Waals surface area contributed by atoms with Crippen LogP contribution in [-0.2, 0) is 4.79 Å². The molecule has 26 heavy (non-hydrogen) atoms. The van der Waals surface area contributed by atoms with Gasteiger partial charge in [0.15, 0.2) is 0 Å². The Balaban J connectivity index is 1.66. The molecule has 140 valence electrons. The van der Waals surface area contributed by atoms with Gasteiger partial charge in [-0.05, 0) is 57.8 Å². The first-order valence-electron chi connectivity index (χ1n) is 9.95. The number of aryl methyl sites for hydroxylation is 1. The van der Waals surface area contributed by atoms with E-state index in [4.69, 9.17) is 6.42 Å². The molecule has 1 aromatic carbocycles. The van der Waals surface area contributed by atoms with Gasteiger partial charge in [0.25, 0.3) is 0 Å². The van der Waals surface area contributed by atoms with Gasteiger partial charge in [-0.15, -0.1) is 6.42 Å². The largest absolute Gasteiger partial charge is 0.353 e. The first-order valence-corrected chi connectivity index (χ1v) is 9.95. The summed E-state index contributed by atoms with van der Waals surface area (Å²) in [5, 5.41) is 3.24. The van der Waals surface area contributed by atoms with Gasteiger partial charge in [0.1, 0.15) is 0 Å². The van der Waals surface area contributed by atoms with Crippen LogP contribution in [0.25, 0.3) is 0 Å². The summed E-state index contributed by atoms with van der Waals surface area (Å²) in [7, 11) is 0. The van der Waals surface area contributed by atoms with Crippen molar-refractivity contribution in [1.82, 2.24) is 15.1 Å². The van der Waals surface area contributed by atoms with Gasteiger partial charge in [-0.3, -0.25) is 14.6 Å². The molecule has 3 rings (SSSR count). The monoisotopic (exact) mass is 353 g/mol. The van der Waals surface area contributed by atoms with Crippen LogP contribution in [0.5, 0.6) is 0 Å². The summed E-state index contributed by atoms with van der Waals surface area (Å²) in [6.45, 7) is 6.49. The summed E-state index contributed by atoms with van der Waals surface area (Å²) in [5.74, 6) is 2.84. The molecule has 2 aliphatic rings. The Morgan fingerprint density at radius 2 is 1.88 bits per heavy atom. The van der Waals surface area contributed by atoms with Gasteiger partial charge < -0.3 is 5.32 Å². The maximum Gasteiger partial charge on any atom is 0.237 e. The van der Waals surface area contributed by atoms with Crippen molar-refractivity contribution in [1.29, 1.82) is 0 Å². The Morgan fingerprint density at radius 3 is 2.58 bits per heavy atom. The van der Waals surface area contributed by atoms with Gasteiger partial charge in [0, 0.05) is 6.54 Å². The summed E-state index contributed by atoms with van der Waals surface area (Å²) in [6.07, 6.45) is 11.1. The van der Waals surface area contributed by atoms with Gasteiger partial charge in [0.2, 0.25) is 5.91 Å². The molecule has 2 unspecified atom stereocenters. The van der Waals surface area contributed by atoms with Crippen molar-refractivity contribution in [2.45, 2.75) is 51.1 Å². The number of amides is 1. The van der Waals surface area contributed by atoms with Crippen LogP contribution >= 0.6 is 0 Å². The van der Waals surface area contributed by atoms with E-state index in [0.29, 0.717) is 13.1 Å². The van der Waals surface area contributed by atoms with Crippen molar-refractivity contribution in [3.8, 4) is 12.3 Å². The van der Waals surface area contributed by atoms with Gasteiger partial charge in [0.05, 0.1) is 18.6 Å². The van der Waals surface area contributed by atoms with E-state index in [1.54, 1.807) is 0 Å². The number of hydrogen-bond donors (Lipinski definition) is 1. The molecule has 1 amide bonds. The number of hydrogen-bond acceptors (Lipinski definition) is 3. The third kappa shape index (κ3) is 4.66. The quantitative estimate of drug-likeness (QED) is 0.799. The minimum Gasteiger partial charge on any atom is -0.353 e. The van der Waals surface area contributed by atoms with E-state index in [0.717, 1.165) is 38.9 Å². The van der Waals surface area contributed by atoms with E-state index >= 15 is 0 Å². The molecule has 4 heteroatoms. The summed E-state index contributed by atoms with van der Waals surface area (Å²) in [5.41, 5.74) is 2.56. The van der Waals surface area contributed by atoms with Crippen LogP contribution in [0.1, 0.15) is 49.3 Å². The molecule has 0 saturated carbocycles. The fourth-order valence-electron chi connectivity index (χ4n) is 4.21. The minimum atomic E-state index is -0.0722. The maximum absolute atomic E-state index is 12.8. The predicted molar refractivity (Wildman–Crippen MR) is 106 cm³/mol. The lowest BCUT2D eigenvalue weighted by Gasteiger charge is -2.34. The molecular weight excluding hydrogens is 322 g/mol. The number of nitrogens with zero attached hydrogens (tertiary/aromatic N) is 2. The van der Waals surface area contributed by atoms with Crippen LogP contribution in [0.15, 0.2) is 24.3 Å². The highest BCUT2D eigenvalue weighted by Gasteiger charge is 2.29. The van der Waals surface area contributed by atoms with Crippen molar-refractivity contribution < 1.29 is 4.79 Å². The molecule has 1 aromatic rings. The molecule has 2 heterocycles. The fourth-order valence-corrected chi connectivity index (χ4v) is 4.21. The van der Waals surface area contributed by atoms with Crippen molar-refractivity contribution in [3.05, 3.63) is 35.4 Å². The first kappa shape index (κ1) is 18.9. The smallest absolute Gasteiger partial charge is 0.237 e. The zero-order valence-corrected chi connectivity index (χ0v) is 15.9. The third-order valence-electron chi connectivity index (χ3n) is 5.72. The molecule has 2 fully saturated rings. The lowest BCUT2D eigenvalue weighted by molar-refractivity contribution is -0.127. The zero-order valence-electron chi connectivity index (χ0n) is 15.9. The molecule has 0 spiro atoms. The molecular formula is C22H31N3O. The van der Waals surface area contributed by atoms with E-state index in [1.165, 1.54) is 24.0 Å². The maximum atomic E-state index is 12.8. The van der Waals surface area contributed by atoms with Crippen LogP contribution in [0.3, 0.4) is 0 Å². The van der Waals surface area contributed by atoms with E-state index in [-0.39, 0.29) is 18.0 Å². The second-order valence-corrected chi connectivity index (χ2v) is 7.60. The molecule has 0 aromatic heterocycles. The average molecular weight is 354 g/mol. The third-order valence-corrected chi connectivity index (χ3v) is 5.72.